The summed E-state index contributed by atoms with van der Waals surface area (Å²) in [6.45, 7) is 4.18. The molecule has 3 aromatic rings. The SMILES string of the molecule is CC(C)Cc1noc(CN2c3cccc4cccc(c34)S2(=O)=O)n1. The first-order chi connectivity index (χ1) is 11.5. The Labute approximate surface area is 140 Å². The van der Waals surface area contributed by atoms with Gasteiger partial charge < -0.3 is 4.52 Å². The normalized spacial score (nSPS) is 15.5. The van der Waals surface area contributed by atoms with Crippen LogP contribution in [0.1, 0.15) is 25.6 Å². The number of hydrogen-bond donors (Lipinski definition) is 0. The summed E-state index contributed by atoms with van der Waals surface area (Å²) in [6.07, 6.45) is 0.700. The van der Waals surface area contributed by atoms with Crippen LogP contribution >= 0.6 is 0 Å². The first-order valence-electron chi connectivity index (χ1n) is 7.83. The largest absolute Gasteiger partial charge is 0.337 e. The minimum absolute atomic E-state index is 0.0429. The van der Waals surface area contributed by atoms with Crippen LogP contribution in [-0.2, 0) is 23.0 Å². The van der Waals surface area contributed by atoms with E-state index in [4.69, 9.17) is 4.52 Å². The maximum absolute atomic E-state index is 12.9. The van der Waals surface area contributed by atoms with E-state index in [-0.39, 0.29) is 6.54 Å². The Hall–Kier alpha value is -2.41. The second-order valence-electron chi connectivity index (χ2n) is 6.35. The van der Waals surface area contributed by atoms with Crippen molar-refractivity contribution in [3.63, 3.8) is 0 Å². The van der Waals surface area contributed by atoms with E-state index in [0.29, 0.717) is 34.6 Å². The molecule has 0 spiro atoms. The molecule has 2 heterocycles. The minimum atomic E-state index is -3.60. The van der Waals surface area contributed by atoms with Gasteiger partial charge >= 0.3 is 0 Å². The zero-order chi connectivity index (χ0) is 16.9. The topological polar surface area (TPSA) is 76.3 Å². The third-order valence-corrected chi connectivity index (χ3v) is 5.86. The lowest BCUT2D eigenvalue weighted by Gasteiger charge is -2.16. The minimum Gasteiger partial charge on any atom is -0.337 e. The predicted octanol–water partition coefficient (Wildman–Crippen LogP) is 3.13. The maximum atomic E-state index is 12.9. The molecule has 4 rings (SSSR count). The molecule has 24 heavy (non-hydrogen) atoms. The average Bonchev–Trinajstić information content (AvgIpc) is 3.05. The molecule has 1 aromatic heterocycles. The van der Waals surface area contributed by atoms with Crippen molar-refractivity contribution in [3.8, 4) is 0 Å². The Morgan fingerprint density at radius 3 is 2.67 bits per heavy atom. The van der Waals surface area contributed by atoms with Gasteiger partial charge in [0.25, 0.3) is 10.0 Å². The van der Waals surface area contributed by atoms with Crippen LogP contribution in [-0.4, -0.2) is 18.6 Å². The number of rotatable bonds is 4. The first-order valence-corrected chi connectivity index (χ1v) is 9.27. The van der Waals surface area contributed by atoms with Crippen molar-refractivity contribution in [3.05, 3.63) is 48.1 Å². The molecule has 0 aliphatic carbocycles. The van der Waals surface area contributed by atoms with Crippen LogP contribution in [0.3, 0.4) is 0 Å². The van der Waals surface area contributed by atoms with Crippen molar-refractivity contribution >= 4 is 26.5 Å². The number of benzene rings is 2. The van der Waals surface area contributed by atoms with Crippen molar-refractivity contribution in [2.45, 2.75) is 31.7 Å². The molecular weight excluding hydrogens is 326 g/mol. The zero-order valence-electron chi connectivity index (χ0n) is 13.4. The summed E-state index contributed by atoms with van der Waals surface area (Å²) in [5, 5.41) is 5.59. The number of nitrogens with zero attached hydrogens (tertiary/aromatic N) is 3. The number of aromatic nitrogens is 2. The van der Waals surface area contributed by atoms with E-state index in [1.807, 2.05) is 24.3 Å². The van der Waals surface area contributed by atoms with Gasteiger partial charge in [-0.2, -0.15) is 4.98 Å². The zero-order valence-corrected chi connectivity index (χ0v) is 14.2. The summed E-state index contributed by atoms with van der Waals surface area (Å²) in [5.41, 5.74) is 0.659. The average molecular weight is 343 g/mol. The second-order valence-corrected chi connectivity index (χ2v) is 8.18. The predicted molar refractivity (Wildman–Crippen MR) is 90.2 cm³/mol. The molecule has 2 aromatic carbocycles. The smallest absolute Gasteiger partial charge is 0.265 e. The number of sulfonamides is 1. The quantitative estimate of drug-likeness (QED) is 0.727. The van der Waals surface area contributed by atoms with Crippen LogP contribution in [0.15, 0.2) is 45.8 Å². The van der Waals surface area contributed by atoms with Crippen molar-refractivity contribution in [2.24, 2.45) is 5.92 Å². The fourth-order valence-electron chi connectivity index (χ4n) is 3.05. The third kappa shape index (κ3) is 2.27. The van der Waals surface area contributed by atoms with Crippen LogP contribution in [0, 0.1) is 5.92 Å². The summed E-state index contributed by atoms with van der Waals surface area (Å²) in [5.74, 6) is 1.32. The fraction of sp³-hybridized carbons (Fsp3) is 0.294. The molecule has 0 fully saturated rings. The molecule has 0 unspecified atom stereocenters. The molecule has 0 atom stereocenters. The van der Waals surface area contributed by atoms with Crippen LogP contribution in [0.25, 0.3) is 10.8 Å². The molecule has 7 heteroatoms. The van der Waals surface area contributed by atoms with Crippen LogP contribution in [0.5, 0.6) is 0 Å². The molecule has 6 nitrogen and oxygen atoms in total. The molecule has 124 valence electrons. The molecule has 1 aliphatic rings. The van der Waals surface area contributed by atoms with Gasteiger partial charge in [0, 0.05) is 11.8 Å². The monoisotopic (exact) mass is 343 g/mol. The van der Waals surface area contributed by atoms with Crippen molar-refractivity contribution in [1.82, 2.24) is 10.1 Å². The Kier molecular flexibility index (Phi) is 3.35. The van der Waals surface area contributed by atoms with Gasteiger partial charge in [-0.3, -0.25) is 4.31 Å². The van der Waals surface area contributed by atoms with Gasteiger partial charge in [0.05, 0.1) is 10.6 Å². The Morgan fingerprint density at radius 2 is 1.92 bits per heavy atom. The molecule has 1 aliphatic heterocycles. The summed E-state index contributed by atoms with van der Waals surface area (Å²) >= 11 is 0. The highest BCUT2D eigenvalue weighted by molar-refractivity contribution is 7.93. The second kappa shape index (κ2) is 5.31. The van der Waals surface area contributed by atoms with Gasteiger partial charge in [-0.1, -0.05) is 43.3 Å². The molecule has 0 saturated heterocycles. The maximum Gasteiger partial charge on any atom is 0.265 e. The number of anilines is 1. The summed E-state index contributed by atoms with van der Waals surface area (Å²) in [4.78, 5) is 4.65. The Bertz CT molecular complexity index is 1020. The standard InChI is InChI=1S/C17H17N3O3S/c1-11(2)9-15-18-16(23-19-15)10-20-13-7-3-5-12-6-4-8-14(17(12)13)24(20,21)22/h3-8,11H,9-10H2,1-2H3. The van der Waals surface area contributed by atoms with Gasteiger partial charge in [-0.25, -0.2) is 8.42 Å². The van der Waals surface area contributed by atoms with E-state index in [1.54, 1.807) is 12.1 Å². The highest BCUT2D eigenvalue weighted by Crippen LogP contribution is 2.42. The highest BCUT2D eigenvalue weighted by Gasteiger charge is 2.36. The summed E-state index contributed by atoms with van der Waals surface area (Å²) < 4.78 is 32.4. The van der Waals surface area contributed by atoms with E-state index < -0.39 is 10.0 Å². The summed E-state index contributed by atoms with van der Waals surface area (Å²) in [6, 6.07) is 10.9. The Balaban J connectivity index is 1.75. The van der Waals surface area contributed by atoms with E-state index in [9.17, 15) is 8.42 Å². The van der Waals surface area contributed by atoms with Gasteiger partial charge in [0.15, 0.2) is 5.82 Å². The molecule has 0 N–H and O–H groups in total. The molecule has 0 bridgehead atoms. The molecular formula is C17H17N3O3S. The first kappa shape index (κ1) is 15.1. The lowest BCUT2D eigenvalue weighted by molar-refractivity contribution is 0.372. The van der Waals surface area contributed by atoms with Crippen molar-refractivity contribution < 1.29 is 12.9 Å². The fourth-order valence-corrected chi connectivity index (χ4v) is 4.71. The Morgan fingerprint density at radius 1 is 1.17 bits per heavy atom. The third-order valence-electron chi connectivity index (χ3n) is 4.06. The van der Waals surface area contributed by atoms with Gasteiger partial charge in [-0.15, -0.1) is 0 Å². The molecule has 0 saturated carbocycles. The van der Waals surface area contributed by atoms with E-state index in [2.05, 4.69) is 24.0 Å². The van der Waals surface area contributed by atoms with E-state index in [1.165, 1.54) is 4.31 Å². The lowest BCUT2D eigenvalue weighted by Crippen LogP contribution is -2.26. The van der Waals surface area contributed by atoms with Crippen molar-refractivity contribution in [2.75, 3.05) is 4.31 Å². The van der Waals surface area contributed by atoms with Crippen molar-refractivity contribution in [1.29, 1.82) is 0 Å². The lowest BCUT2D eigenvalue weighted by atomic mass is 10.1. The van der Waals surface area contributed by atoms with Crippen LogP contribution in [0.4, 0.5) is 5.69 Å². The molecule has 0 radical (unpaired) electrons. The van der Waals surface area contributed by atoms with Gasteiger partial charge in [0.2, 0.25) is 5.89 Å². The summed E-state index contributed by atoms with van der Waals surface area (Å²) in [7, 11) is -3.60. The number of hydrogen-bond acceptors (Lipinski definition) is 5. The van der Waals surface area contributed by atoms with Crippen LogP contribution < -0.4 is 4.31 Å². The van der Waals surface area contributed by atoms with E-state index >= 15 is 0 Å². The highest BCUT2D eigenvalue weighted by atomic mass is 32.2. The van der Waals surface area contributed by atoms with Gasteiger partial charge in [-0.05, 0) is 23.4 Å². The molecule has 0 amide bonds. The van der Waals surface area contributed by atoms with Crippen LogP contribution in [0.2, 0.25) is 0 Å². The van der Waals surface area contributed by atoms with Gasteiger partial charge in [0.1, 0.15) is 6.54 Å². The van der Waals surface area contributed by atoms with E-state index in [0.717, 1.165) is 10.8 Å².